The lowest BCUT2D eigenvalue weighted by Gasteiger charge is -2.47. The van der Waals surface area contributed by atoms with Gasteiger partial charge >= 0.3 is 11.9 Å². The van der Waals surface area contributed by atoms with Crippen molar-refractivity contribution < 1.29 is 56.6 Å². The van der Waals surface area contributed by atoms with E-state index in [1.165, 1.54) is 13.8 Å². The molecule has 0 spiro atoms. The van der Waals surface area contributed by atoms with E-state index in [-0.39, 0.29) is 34.0 Å². The van der Waals surface area contributed by atoms with Gasteiger partial charge in [-0.1, -0.05) is 10.3 Å². The molecule has 2 unspecified atom stereocenters. The second-order valence-corrected chi connectivity index (χ2v) is 8.91. The molecule has 2 aromatic heterocycles. The Morgan fingerprint density at radius 2 is 1.17 bits per heavy atom. The van der Waals surface area contributed by atoms with E-state index in [4.69, 9.17) is 37.5 Å². The summed E-state index contributed by atoms with van der Waals surface area (Å²) in [7, 11) is 4.39. The molecule has 4 aliphatic heterocycles. The van der Waals surface area contributed by atoms with Crippen molar-refractivity contribution in [3.63, 3.8) is 0 Å². The van der Waals surface area contributed by atoms with Gasteiger partial charge in [0.2, 0.25) is 16.9 Å². The molecule has 2 fully saturated rings. The number of carbonyl (C=O) groups is 4. The number of fused-ring (bicyclic) bond motifs is 13. The molecule has 0 aromatic carbocycles. The first-order chi connectivity index (χ1) is 17.1. The number of ether oxygens (including phenoxy) is 6. The zero-order valence-corrected chi connectivity index (χ0v) is 19.9. The molecule has 2 aromatic rings. The molecule has 0 radical (unpaired) electrons. The maximum absolute atomic E-state index is 14.2. The predicted molar refractivity (Wildman–Crippen MR) is 107 cm³/mol. The van der Waals surface area contributed by atoms with Gasteiger partial charge in [-0.2, -0.15) is 0 Å². The Kier molecular flexibility index (Phi) is 4.24. The van der Waals surface area contributed by atoms with Gasteiger partial charge in [-0.05, 0) is 13.8 Å². The Balaban J connectivity index is 1.90. The minimum absolute atomic E-state index is 0.0835. The SMILES string of the molecule is COC(=O)C12[C@@H]3O[C@@](OC)(c4onc(C)c4C3=O)C1(C(=O)OC)[C@]1(OC)O[C@H]2C(=O)c2c(C)noc21. The zero-order chi connectivity index (χ0) is 26.0. The molecule has 2 saturated heterocycles. The van der Waals surface area contributed by atoms with Crippen LogP contribution < -0.4 is 0 Å². The molecule has 0 amide bonds. The van der Waals surface area contributed by atoms with Crippen LogP contribution in [-0.4, -0.2) is 74.5 Å². The number of nitrogens with zero attached hydrogens (tertiary/aromatic N) is 2. The standard InChI is InChI=1S/C22H20N2O12/c1-7-9-11(25)15-19(17(27)29-3)16-12(26)10-8(2)24-36-14(10)22(32-6,34-16)20(19,18(28)30-4)21(31-5,33-15)13(9)35-23-7/h15-16H,1-6H3/t15-,16+,19?,20?,21+,22-. The number of aryl methyl sites for hydroxylation is 2. The van der Waals surface area contributed by atoms with Crippen LogP contribution in [0.3, 0.4) is 0 Å². The van der Waals surface area contributed by atoms with E-state index in [0.29, 0.717) is 0 Å². The van der Waals surface area contributed by atoms with E-state index in [1.54, 1.807) is 0 Å². The van der Waals surface area contributed by atoms with E-state index in [0.717, 1.165) is 28.4 Å². The highest BCUT2D eigenvalue weighted by atomic mass is 16.8. The molecule has 190 valence electrons. The minimum Gasteiger partial charge on any atom is -0.468 e. The van der Waals surface area contributed by atoms with Gasteiger partial charge < -0.3 is 37.5 Å². The number of ketones is 2. The van der Waals surface area contributed by atoms with Gasteiger partial charge in [-0.15, -0.1) is 0 Å². The second kappa shape index (κ2) is 6.64. The molecule has 6 atom stereocenters. The van der Waals surface area contributed by atoms with Gasteiger partial charge in [0.1, 0.15) is 12.2 Å². The number of esters is 2. The number of aromatic nitrogens is 2. The third-order valence-corrected chi connectivity index (χ3v) is 7.88. The Bertz CT molecular complexity index is 1310. The first-order valence-corrected chi connectivity index (χ1v) is 10.8. The van der Waals surface area contributed by atoms with Crippen molar-refractivity contribution in [1.29, 1.82) is 0 Å². The summed E-state index contributed by atoms with van der Waals surface area (Å²) < 4.78 is 45.4. The van der Waals surface area contributed by atoms with E-state index < -0.39 is 58.1 Å². The van der Waals surface area contributed by atoms with Crippen molar-refractivity contribution in [2.75, 3.05) is 28.4 Å². The fraction of sp³-hybridized carbons (Fsp3) is 0.545. The lowest BCUT2D eigenvalue weighted by atomic mass is 9.54. The summed E-state index contributed by atoms with van der Waals surface area (Å²) in [4.78, 5) is 56.0. The average molecular weight is 504 g/mol. The summed E-state index contributed by atoms with van der Waals surface area (Å²) in [6.07, 6.45) is -3.67. The minimum atomic E-state index is -2.63. The van der Waals surface area contributed by atoms with Gasteiger partial charge in [0.15, 0.2) is 17.0 Å². The Morgan fingerprint density at radius 1 is 0.750 bits per heavy atom. The van der Waals surface area contributed by atoms with Crippen LogP contribution >= 0.6 is 0 Å². The van der Waals surface area contributed by atoms with Gasteiger partial charge in [0.05, 0.1) is 36.7 Å². The highest BCUT2D eigenvalue weighted by Crippen LogP contribution is 2.80. The molecule has 14 nitrogen and oxygen atoms in total. The number of hydrogen-bond acceptors (Lipinski definition) is 14. The Labute approximate surface area is 202 Å². The summed E-state index contributed by atoms with van der Waals surface area (Å²) in [6.45, 7) is 2.98. The average Bonchev–Trinajstić information content (AvgIpc) is 3.59. The Hall–Kier alpha value is -3.46. The smallest absolute Gasteiger partial charge is 0.325 e. The van der Waals surface area contributed by atoms with Crippen molar-refractivity contribution in [3.8, 4) is 0 Å². The quantitative estimate of drug-likeness (QED) is 0.512. The predicted octanol–water partition coefficient (Wildman–Crippen LogP) is 0.0870. The fourth-order valence-corrected chi connectivity index (χ4v) is 6.70. The maximum atomic E-state index is 14.2. The number of hydrogen-bond donors (Lipinski definition) is 0. The summed E-state index contributed by atoms with van der Waals surface area (Å²) in [6, 6.07) is 0. The summed E-state index contributed by atoms with van der Waals surface area (Å²) in [5.41, 5.74) is -5.03. The molecule has 0 N–H and O–H groups in total. The summed E-state index contributed by atoms with van der Waals surface area (Å²) in [5, 5.41) is 7.74. The second-order valence-electron chi connectivity index (χ2n) is 8.91. The van der Waals surface area contributed by atoms with Crippen molar-refractivity contribution in [3.05, 3.63) is 34.0 Å². The van der Waals surface area contributed by atoms with Crippen LogP contribution in [0, 0.1) is 24.7 Å². The maximum Gasteiger partial charge on any atom is 0.325 e. The van der Waals surface area contributed by atoms with Crippen molar-refractivity contribution in [2.24, 2.45) is 10.8 Å². The van der Waals surface area contributed by atoms with Gasteiger partial charge in [-0.3, -0.25) is 19.2 Å². The highest BCUT2D eigenvalue weighted by molar-refractivity contribution is 6.15. The topological polar surface area (TPSA) is 176 Å². The molecule has 14 heteroatoms. The Morgan fingerprint density at radius 3 is 1.53 bits per heavy atom. The van der Waals surface area contributed by atoms with Gasteiger partial charge in [-0.25, -0.2) is 0 Å². The third-order valence-electron chi connectivity index (χ3n) is 7.88. The molecule has 0 saturated carbocycles. The molecule has 4 bridgehead atoms. The lowest BCUT2D eigenvalue weighted by Crippen LogP contribution is -2.67. The van der Waals surface area contributed by atoms with Crippen molar-refractivity contribution in [1.82, 2.24) is 10.3 Å². The molecule has 4 aliphatic rings. The van der Waals surface area contributed by atoms with Crippen LogP contribution in [0.2, 0.25) is 0 Å². The van der Waals surface area contributed by atoms with Crippen LogP contribution in [0.4, 0.5) is 0 Å². The summed E-state index contributed by atoms with van der Waals surface area (Å²) in [5.74, 6) is -9.49. The molecule has 6 rings (SSSR count). The van der Waals surface area contributed by atoms with Crippen LogP contribution in [-0.2, 0) is 49.6 Å². The first kappa shape index (κ1) is 23.0. The fourth-order valence-electron chi connectivity index (χ4n) is 6.70. The molecular formula is C22H20N2O12. The van der Waals surface area contributed by atoms with Crippen LogP contribution in [0.5, 0.6) is 0 Å². The molecule has 6 heterocycles. The summed E-state index contributed by atoms with van der Waals surface area (Å²) >= 11 is 0. The zero-order valence-electron chi connectivity index (χ0n) is 19.9. The first-order valence-electron chi connectivity index (χ1n) is 10.8. The number of rotatable bonds is 4. The van der Waals surface area contributed by atoms with E-state index in [1.807, 2.05) is 0 Å². The van der Waals surface area contributed by atoms with Crippen molar-refractivity contribution >= 4 is 23.5 Å². The number of Topliss-reactive ketones (excluding diaryl/α,β-unsaturated/α-hetero) is 2. The largest absolute Gasteiger partial charge is 0.468 e. The highest BCUT2D eigenvalue weighted by Gasteiger charge is 3.01. The van der Waals surface area contributed by atoms with E-state index in [9.17, 15) is 19.2 Å². The van der Waals surface area contributed by atoms with Gasteiger partial charge in [0.25, 0.3) is 11.6 Å². The van der Waals surface area contributed by atoms with Crippen molar-refractivity contribution in [2.45, 2.75) is 37.6 Å². The van der Waals surface area contributed by atoms with Crippen LogP contribution in [0.15, 0.2) is 9.05 Å². The van der Waals surface area contributed by atoms with Crippen LogP contribution in [0.25, 0.3) is 0 Å². The molecule has 0 aliphatic carbocycles. The number of carbonyl (C=O) groups excluding carboxylic acids is 4. The lowest BCUT2D eigenvalue weighted by molar-refractivity contribution is -0.364. The normalized spacial score (nSPS) is 37.4. The van der Waals surface area contributed by atoms with Gasteiger partial charge in [0, 0.05) is 14.2 Å². The van der Waals surface area contributed by atoms with E-state index in [2.05, 4.69) is 10.3 Å². The van der Waals surface area contributed by atoms with E-state index >= 15 is 0 Å². The van der Waals surface area contributed by atoms with Crippen LogP contribution in [0.1, 0.15) is 43.6 Å². The monoisotopic (exact) mass is 504 g/mol. The third kappa shape index (κ3) is 1.80. The molecule has 36 heavy (non-hydrogen) atoms. The molecular weight excluding hydrogens is 484 g/mol. The number of methoxy groups -OCH3 is 4.